The second-order valence-corrected chi connectivity index (χ2v) is 6.83. The second kappa shape index (κ2) is 5.28. The van der Waals surface area contributed by atoms with Gasteiger partial charge in [-0.3, -0.25) is 0 Å². The van der Waals surface area contributed by atoms with Crippen LogP contribution in [0.15, 0.2) is 24.3 Å². The molecule has 0 aromatic heterocycles. The van der Waals surface area contributed by atoms with Crippen molar-refractivity contribution in [2.24, 2.45) is 5.92 Å². The van der Waals surface area contributed by atoms with E-state index in [4.69, 9.17) is 4.74 Å². The number of nitrogens with zero attached hydrogens (tertiary/aromatic N) is 1. The molecule has 0 spiro atoms. The molecule has 1 aliphatic rings. The number of benzene rings is 1. The lowest BCUT2D eigenvalue weighted by molar-refractivity contribution is 0.393. The van der Waals surface area contributed by atoms with Crippen molar-refractivity contribution in [1.29, 1.82) is 0 Å². The summed E-state index contributed by atoms with van der Waals surface area (Å²) in [5.41, 5.74) is 0.988. The van der Waals surface area contributed by atoms with E-state index in [1.54, 1.807) is 11.4 Å². The molecule has 1 aromatic carbocycles. The van der Waals surface area contributed by atoms with E-state index in [0.717, 1.165) is 24.2 Å². The van der Waals surface area contributed by atoms with Crippen molar-refractivity contribution in [3.05, 3.63) is 29.8 Å². The Labute approximate surface area is 109 Å². The third-order valence-corrected chi connectivity index (χ3v) is 4.36. The predicted octanol–water partition coefficient (Wildman–Crippen LogP) is 1.87. The number of rotatable bonds is 6. The van der Waals surface area contributed by atoms with Gasteiger partial charge < -0.3 is 4.74 Å². The summed E-state index contributed by atoms with van der Waals surface area (Å²) in [6.45, 7) is 1.09. The van der Waals surface area contributed by atoms with Crippen LogP contribution in [0, 0.1) is 5.92 Å². The molecule has 1 saturated carbocycles. The second-order valence-electron chi connectivity index (χ2n) is 4.85. The van der Waals surface area contributed by atoms with Crippen LogP contribution in [0.5, 0.6) is 5.75 Å². The molecule has 0 heterocycles. The third-order valence-electron chi connectivity index (χ3n) is 3.15. The van der Waals surface area contributed by atoms with E-state index >= 15 is 0 Å². The molecule has 1 aromatic rings. The fourth-order valence-corrected chi connectivity index (χ4v) is 2.71. The normalized spacial score (nSPS) is 15.9. The standard InChI is InChI=1S/C13H19NO3S/c1-17-13-7-5-12(6-8-13)10-14(18(2,15)16)9-11-3-4-11/h5-8,11H,3-4,9-10H2,1-2H3. The van der Waals surface area contributed by atoms with Gasteiger partial charge in [-0.25, -0.2) is 8.42 Å². The Morgan fingerprint density at radius 3 is 2.33 bits per heavy atom. The van der Waals surface area contributed by atoms with Crippen LogP contribution in [0.4, 0.5) is 0 Å². The SMILES string of the molecule is COc1ccc(CN(CC2CC2)S(C)(=O)=O)cc1. The Hall–Kier alpha value is -1.07. The van der Waals surface area contributed by atoms with Gasteiger partial charge >= 0.3 is 0 Å². The molecule has 0 bridgehead atoms. The van der Waals surface area contributed by atoms with Gasteiger partial charge in [0.1, 0.15) is 5.75 Å². The highest BCUT2D eigenvalue weighted by Gasteiger charge is 2.28. The molecule has 0 N–H and O–H groups in total. The first-order valence-corrected chi connectivity index (χ1v) is 7.92. The van der Waals surface area contributed by atoms with Crippen LogP contribution in [-0.2, 0) is 16.6 Å². The maximum absolute atomic E-state index is 11.7. The zero-order valence-corrected chi connectivity index (χ0v) is 11.6. The molecule has 1 aliphatic carbocycles. The molecule has 18 heavy (non-hydrogen) atoms. The highest BCUT2D eigenvalue weighted by molar-refractivity contribution is 7.88. The number of methoxy groups -OCH3 is 1. The van der Waals surface area contributed by atoms with Crippen molar-refractivity contribution in [3.8, 4) is 5.75 Å². The minimum atomic E-state index is -3.13. The Balaban J connectivity index is 2.06. The first-order valence-electron chi connectivity index (χ1n) is 6.07. The number of hydrogen-bond acceptors (Lipinski definition) is 3. The van der Waals surface area contributed by atoms with E-state index in [0.29, 0.717) is 19.0 Å². The summed E-state index contributed by atoms with van der Waals surface area (Å²) < 4.78 is 30.1. The maximum Gasteiger partial charge on any atom is 0.211 e. The van der Waals surface area contributed by atoms with Crippen molar-refractivity contribution in [2.75, 3.05) is 19.9 Å². The fourth-order valence-electron chi connectivity index (χ4n) is 1.84. The molecule has 0 unspecified atom stereocenters. The summed E-state index contributed by atoms with van der Waals surface area (Å²) >= 11 is 0. The maximum atomic E-state index is 11.7. The summed E-state index contributed by atoms with van der Waals surface area (Å²) in [6, 6.07) is 7.52. The van der Waals surface area contributed by atoms with E-state index in [1.165, 1.54) is 6.26 Å². The molecule has 0 radical (unpaired) electrons. The van der Waals surface area contributed by atoms with Gasteiger partial charge in [0, 0.05) is 13.1 Å². The topological polar surface area (TPSA) is 46.6 Å². The molecule has 100 valence electrons. The third kappa shape index (κ3) is 3.71. The molecular formula is C13H19NO3S. The van der Waals surface area contributed by atoms with Crippen molar-refractivity contribution < 1.29 is 13.2 Å². The van der Waals surface area contributed by atoms with Crippen LogP contribution in [0.3, 0.4) is 0 Å². The minimum Gasteiger partial charge on any atom is -0.497 e. The van der Waals surface area contributed by atoms with E-state index in [2.05, 4.69) is 0 Å². The van der Waals surface area contributed by atoms with Crippen LogP contribution in [-0.4, -0.2) is 32.6 Å². The zero-order chi connectivity index (χ0) is 13.2. The first-order chi connectivity index (χ1) is 8.49. The van der Waals surface area contributed by atoms with Gasteiger partial charge in [-0.15, -0.1) is 0 Å². The quantitative estimate of drug-likeness (QED) is 0.792. The molecular weight excluding hydrogens is 250 g/mol. The molecule has 2 rings (SSSR count). The molecule has 0 aliphatic heterocycles. The minimum absolute atomic E-state index is 0.444. The molecule has 4 nitrogen and oxygen atoms in total. The molecule has 0 atom stereocenters. The van der Waals surface area contributed by atoms with Crippen molar-refractivity contribution in [2.45, 2.75) is 19.4 Å². The van der Waals surface area contributed by atoms with Gasteiger partial charge in [0.05, 0.1) is 13.4 Å². The van der Waals surface area contributed by atoms with Crippen LogP contribution >= 0.6 is 0 Å². The monoisotopic (exact) mass is 269 g/mol. The lowest BCUT2D eigenvalue weighted by Crippen LogP contribution is -2.31. The summed E-state index contributed by atoms with van der Waals surface area (Å²) in [4.78, 5) is 0. The molecule has 0 saturated heterocycles. The summed E-state index contributed by atoms with van der Waals surface area (Å²) in [5.74, 6) is 1.34. The highest BCUT2D eigenvalue weighted by atomic mass is 32.2. The van der Waals surface area contributed by atoms with Crippen molar-refractivity contribution in [3.63, 3.8) is 0 Å². The lowest BCUT2D eigenvalue weighted by Gasteiger charge is -2.19. The Morgan fingerprint density at radius 1 is 1.28 bits per heavy atom. The highest BCUT2D eigenvalue weighted by Crippen LogP contribution is 2.31. The molecule has 5 heteroatoms. The largest absolute Gasteiger partial charge is 0.497 e. The van der Waals surface area contributed by atoms with Gasteiger partial charge in [-0.2, -0.15) is 4.31 Å². The summed E-state index contributed by atoms with van der Waals surface area (Å²) in [5, 5.41) is 0. The zero-order valence-electron chi connectivity index (χ0n) is 10.8. The van der Waals surface area contributed by atoms with Gasteiger partial charge in [0.15, 0.2) is 0 Å². The Morgan fingerprint density at radius 2 is 1.89 bits per heavy atom. The lowest BCUT2D eigenvalue weighted by atomic mass is 10.2. The van der Waals surface area contributed by atoms with Gasteiger partial charge in [0.25, 0.3) is 0 Å². The van der Waals surface area contributed by atoms with Crippen LogP contribution < -0.4 is 4.74 Å². The number of ether oxygens (including phenoxy) is 1. The van der Waals surface area contributed by atoms with Crippen molar-refractivity contribution in [1.82, 2.24) is 4.31 Å². The van der Waals surface area contributed by atoms with Gasteiger partial charge in [-0.1, -0.05) is 12.1 Å². The van der Waals surface area contributed by atoms with E-state index in [1.807, 2.05) is 24.3 Å². The van der Waals surface area contributed by atoms with Crippen LogP contribution in [0.25, 0.3) is 0 Å². The van der Waals surface area contributed by atoms with E-state index in [9.17, 15) is 8.42 Å². The summed E-state index contributed by atoms with van der Waals surface area (Å²) in [6.07, 6.45) is 3.57. The van der Waals surface area contributed by atoms with E-state index < -0.39 is 10.0 Å². The van der Waals surface area contributed by atoms with Crippen LogP contribution in [0.1, 0.15) is 18.4 Å². The van der Waals surface area contributed by atoms with E-state index in [-0.39, 0.29) is 0 Å². The van der Waals surface area contributed by atoms with Crippen LogP contribution in [0.2, 0.25) is 0 Å². The Kier molecular flexibility index (Phi) is 3.92. The Bertz CT molecular complexity index is 491. The van der Waals surface area contributed by atoms with Gasteiger partial charge in [0.2, 0.25) is 10.0 Å². The van der Waals surface area contributed by atoms with Crippen molar-refractivity contribution >= 4 is 10.0 Å². The first kappa shape index (κ1) is 13.4. The molecule has 1 fully saturated rings. The average Bonchev–Trinajstić information content (AvgIpc) is 3.12. The fraction of sp³-hybridized carbons (Fsp3) is 0.538. The predicted molar refractivity (Wildman–Crippen MR) is 71.0 cm³/mol. The average molecular weight is 269 g/mol. The smallest absolute Gasteiger partial charge is 0.211 e. The summed E-state index contributed by atoms with van der Waals surface area (Å²) in [7, 11) is -1.52. The number of hydrogen-bond donors (Lipinski definition) is 0. The van der Waals surface area contributed by atoms with Gasteiger partial charge in [-0.05, 0) is 36.5 Å². The number of sulfonamides is 1. The molecule has 0 amide bonds.